The molecule has 1 heterocycles. The molecule has 0 saturated heterocycles. The van der Waals surface area contributed by atoms with Crippen LogP contribution in [0.2, 0.25) is 0 Å². The van der Waals surface area contributed by atoms with Crippen molar-refractivity contribution in [2.24, 2.45) is 0 Å². The summed E-state index contributed by atoms with van der Waals surface area (Å²) in [5.41, 5.74) is -1.78. The van der Waals surface area contributed by atoms with Crippen LogP contribution in [0.25, 0.3) is 5.69 Å². The van der Waals surface area contributed by atoms with E-state index in [1.165, 1.54) is 0 Å². The van der Waals surface area contributed by atoms with Crippen molar-refractivity contribution in [2.75, 3.05) is 6.61 Å². The number of carboxylic acid groups (broad SMARTS) is 1. The lowest BCUT2D eigenvalue weighted by atomic mass is 10.2. The van der Waals surface area contributed by atoms with Gasteiger partial charge in [-0.3, -0.25) is 0 Å². The molecule has 21 heavy (non-hydrogen) atoms. The zero-order valence-corrected chi connectivity index (χ0v) is 10.3. The number of carboxylic acids is 1. The minimum Gasteiger partial charge on any atom is -0.476 e. The van der Waals surface area contributed by atoms with Gasteiger partial charge in [-0.25, -0.2) is 27.0 Å². The Morgan fingerprint density at radius 1 is 1.19 bits per heavy atom. The lowest BCUT2D eigenvalue weighted by Gasteiger charge is -2.06. The van der Waals surface area contributed by atoms with Gasteiger partial charge in [-0.1, -0.05) is 0 Å². The van der Waals surface area contributed by atoms with Crippen molar-refractivity contribution in [2.45, 2.75) is 6.42 Å². The van der Waals surface area contributed by atoms with Crippen molar-refractivity contribution in [1.29, 1.82) is 0 Å². The zero-order valence-electron chi connectivity index (χ0n) is 10.3. The largest absolute Gasteiger partial charge is 0.476 e. The fourth-order valence-electron chi connectivity index (χ4n) is 1.77. The van der Waals surface area contributed by atoms with Crippen LogP contribution in [0.15, 0.2) is 12.3 Å². The van der Waals surface area contributed by atoms with Crippen molar-refractivity contribution in [3.05, 3.63) is 46.8 Å². The minimum absolute atomic E-state index is 0.0322. The molecule has 0 fully saturated rings. The molecule has 1 aromatic carbocycles. The predicted octanol–water partition coefficient (Wildman–Crippen LogP) is 1.66. The molecular formula is C12H8F4N2O3. The van der Waals surface area contributed by atoms with E-state index in [4.69, 9.17) is 10.2 Å². The fraction of sp³-hybridized carbons (Fsp3) is 0.167. The number of rotatable bonds is 4. The van der Waals surface area contributed by atoms with E-state index in [1.807, 2.05) is 0 Å². The number of hydrogen-bond acceptors (Lipinski definition) is 3. The van der Waals surface area contributed by atoms with Gasteiger partial charge < -0.3 is 10.2 Å². The van der Waals surface area contributed by atoms with Gasteiger partial charge >= 0.3 is 5.97 Å². The van der Waals surface area contributed by atoms with E-state index in [0.29, 0.717) is 4.68 Å². The molecule has 0 spiro atoms. The summed E-state index contributed by atoms with van der Waals surface area (Å²) < 4.78 is 53.9. The number of nitrogens with zero attached hydrogens (tertiary/aromatic N) is 2. The van der Waals surface area contributed by atoms with Gasteiger partial charge in [0, 0.05) is 24.4 Å². The molecule has 2 rings (SSSR count). The first-order chi connectivity index (χ1) is 9.86. The van der Waals surface area contributed by atoms with Crippen LogP contribution >= 0.6 is 0 Å². The lowest BCUT2D eigenvalue weighted by Crippen LogP contribution is -2.08. The Hall–Kier alpha value is -2.42. The van der Waals surface area contributed by atoms with Gasteiger partial charge in [0.1, 0.15) is 5.69 Å². The number of carbonyl (C=O) groups is 1. The third kappa shape index (κ3) is 2.59. The highest BCUT2D eigenvalue weighted by molar-refractivity contribution is 5.87. The monoisotopic (exact) mass is 304 g/mol. The molecular weight excluding hydrogens is 296 g/mol. The van der Waals surface area contributed by atoms with Crippen LogP contribution in [-0.2, 0) is 6.42 Å². The van der Waals surface area contributed by atoms with E-state index < -0.39 is 47.2 Å². The number of aromatic carboxylic acids is 1. The molecule has 0 aliphatic carbocycles. The van der Waals surface area contributed by atoms with Crippen LogP contribution in [0.5, 0.6) is 0 Å². The Labute approximate surface area is 115 Å². The minimum atomic E-state index is -1.70. The SMILES string of the molecule is O=C(O)c1nn(-c2c(F)c(F)cc(F)c2F)cc1CCO. The highest BCUT2D eigenvalue weighted by atomic mass is 19.2. The maximum absolute atomic E-state index is 13.6. The molecule has 1 aromatic heterocycles. The van der Waals surface area contributed by atoms with E-state index in [2.05, 4.69) is 5.10 Å². The summed E-state index contributed by atoms with van der Waals surface area (Å²) in [6.45, 7) is -0.436. The summed E-state index contributed by atoms with van der Waals surface area (Å²) in [4.78, 5) is 11.0. The van der Waals surface area contributed by atoms with Crippen LogP contribution in [-0.4, -0.2) is 32.6 Å². The predicted molar refractivity (Wildman–Crippen MR) is 61.1 cm³/mol. The maximum Gasteiger partial charge on any atom is 0.356 e. The van der Waals surface area contributed by atoms with Gasteiger partial charge in [0.25, 0.3) is 0 Å². The van der Waals surface area contributed by atoms with Crippen LogP contribution < -0.4 is 0 Å². The first-order valence-corrected chi connectivity index (χ1v) is 5.62. The standard InChI is InChI=1S/C12H8F4N2O3/c13-6-3-7(14)9(16)11(8(6)15)18-4-5(1-2-19)10(17-18)12(20)21/h3-4,19H,1-2H2,(H,20,21). The second-order valence-electron chi connectivity index (χ2n) is 4.04. The van der Waals surface area contributed by atoms with E-state index in [9.17, 15) is 22.4 Å². The van der Waals surface area contributed by atoms with Gasteiger partial charge in [-0.15, -0.1) is 0 Å². The quantitative estimate of drug-likeness (QED) is 0.665. The van der Waals surface area contributed by atoms with E-state index in [1.54, 1.807) is 0 Å². The Morgan fingerprint density at radius 2 is 1.76 bits per heavy atom. The number of hydrogen-bond donors (Lipinski definition) is 2. The number of aromatic nitrogens is 2. The van der Waals surface area contributed by atoms with Crippen LogP contribution in [0.1, 0.15) is 16.1 Å². The summed E-state index contributed by atoms with van der Waals surface area (Å²) in [7, 11) is 0. The van der Waals surface area contributed by atoms with Crippen molar-refractivity contribution < 1.29 is 32.6 Å². The molecule has 0 unspecified atom stereocenters. The summed E-state index contributed by atoms with van der Waals surface area (Å²) in [5, 5.41) is 21.1. The van der Waals surface area contributed by atoms with Crippen molar-refractivity contribution in [3.8, 4) is 5.69 Å². The molecule has 2 N–H and O–H groups in total. The zero-order chi connectivity index (χ0) is 15.7. The Bertz CT molecular complexity index is 689. The molecule has 0 bridgehead atoms. The molecule has 0 aliphatic rings. The molecule has 2 aromatic rings. The van der Waals surface area contributed by atoms with Gasteiger partial charge in [0.05, 0.1) is 0 Å². The highest BCUT2D eigenvalue weighted by Gasteiger charge is 2.24. The van der Waals surface area contributed by atoms with Crippen LogP contribution in [0, 0.1) is 23.3 Å². The van der Waals surface area contributed by atoms with Gasteiger partial charge in [-0.05, 0) is 6.42 Å². The number of halogens is 4. The molecule has 5 nitrogen and oxygen atoms in total. The molecule has 112 valence electrons. The third-order valence-electron chi connectivity index (χ3n) is 2.69. The van der Waals surface area contributed by atoms with Crippen molar-refractivity contribution in [1.82, 2.24) is 9.78 Å². The Morgan fingerprint density at radius 3 is 2.24 bits per heavy atom. The molecule has 0 atom stereocenters. The van der Waals surface area contributed by atoms with Gasteiger partial charge in [-0.2, -0.15) is 5.10 Å². The summed E-state index contributed by atoms with van der Waals surface area (Å²) in [5.74, 6) is -8.19. The van der Waals surface area contributed by atoms with E-state index in [0.717, 1.165) is 6.20 Å². The van der Waals surface area contributed by atoms with E-state index >= 15 is 0 Å². The van der Waals surface area contributed by atoms with Gasteiger partial charge in [0.15, 0.2) is 29.0 Å². The summed E-state index contributed by atoms with van der Waals surface area (Å²) >= 11 is 0. The smallest absolute Gasteiger partial charge is 0.356 e. The van der Waals surface area contributed by atoms with Crippen molar-refractivity contribution >= 4 is 5.97 Å². The van der Waals surface area contributed by atoms with Crippen LogP contribution in [0.3, 0.4) is 0 Å². The molecule has 0 saturated carbocycles. The highest BCUT2D eigenvalue weighted by Crippen LogP contribution is 2.24. The average molecular weight is 304 g/mol. The van der Waals surface area contributed by atoms with E-state index in [-0.39, 0.29) is 18.1 Å². The summed E-state index contributed by atoms with van der Waals surface area (Å²) in [6.07, 6.45) is 0.739. The number of benzene rings is 1. The topological polar surface area (TPSA) is 75.3 Å². The molecule has 0 radical (unpaired) electrons. The Balaban J connectivity index is 2.68. The number of aliphatic hydroxyl groups is 1. The van der Waals surface area contributed by atoms with Gasteiger partial charge in [0.2, 0.25) is 0 Å². The normalized spacial score (nSPS) is 10.9. The maximum atomic E-state index is 13.6. The lowest BCUT2D eigenvalue weighted by molar-refractivity contribution is 0.0688. The summed E-state index contributed by atoms with van der Waals surface area (Å²) in [6, 6.07) is 0.0322. The molecule has 9 heteroatoms. The average Bonchev–Trinajstić information content (AvgIpc) is 2.81. The van der Waals surface area contributed by atoms with Crippen LogP contribution in [0.4, 0.5) is 17.6 Å². The fourth-order valence-corrected chi connectivity index (χ4v) is 1.77. The molecule has 0 amide bonds. The molecule has 0 aliphatic heterocycles. The van der Waals surface area contributed by atoms with Crippen molar-refractivity contribution in [3.63, 3.8) is 0 Å². The first-order valence-electron chi connectivity index (χ1n) is 5.62. The Kier molecular flexibility index (Phi) is 3.94. The third-order valence-corrected chi connectivity index (χ3v) is 2.69. The number of aliphatic hydroxyl groups excluding tert-OH is 1. The second-order valence-corrected chi connectivity index (χ2v) is 4.04. The first kappa shape index (κ1) is 15.0. The second kappa shape index (κ2) is 5.52.